The number of nitrogens with one attached hydrogen (secondary N) is 1. The molecule has 1 N–H and O–H groups in total. The van der Waals surface area contributed by atoms with E-state index in [1.807, 2.05) is 19.9 Å². The van der Waals surface area contributed by atoms with Crippen LogP contribution in [-0.4, -0.2) is 6.54 Å². The molecule has 0 radical (unpaired) electrons. The van der Waals surface area contributed by atoms with Crippen LogP contribution < -0.4 is 5.32 Å². The predicted molar refractivity (Wildman–Crippen MR) is 59.3 cm³/mol. The van der Waals surface area contributed by atoms with Crippen molar-refractivity contribution in [2.45, 2.75) is 13.8 Å². The van der Waals surface area contributed by atoms with E-state index in [1.54, 1.807) is 6.07 Å². The Morgan fingerprint density at radius 3 is 2.71 bits per heavy atom. The largest absolute Gasteiger partial charge is 0.381 e. The first kappa shape index (κ1) is 11.1. The maximum atomic E-state index is 12.9. The zero-order valence-electron chi connectivity index (χ0n) is 8.27. The third-order valence-electron chi connectivity index (χ3n) is 1.68. The molecular formula is C11H13ClFN. The molecule has 0 bridgehead atoms. The molecule has 0 saturated heterocycles. The highest BCUT2D eigenvalue weighted by Gasteiger charge is 1.97. The zero-order valence-corrected chi connectivity index (χ0v) is 9.03. The second-order valence-corrected chi connectivity index (χ2v) is 3.76. The molecule has 0 unspecified atom stereocenters. The summed E-state index contributed by atoms with van der Waals surface area (Å²) in [5, 5.41) is 3.46. The van der Waals surface area contributed by atoms with Crippen LogP contribution >= 0.6 is 11.6 Å². The fraction of sp³-hybridized carbons (Fsp3) is 0.273. The van der Waals surface area contributed by atoms with E-state index in [0.29, 0.717) is 17.3 Å². The smallest absolute Gasteiger partial charge is 0.126 e. The maximum Gasteiger partial charge on any atom is 0.126 e. The van der Waals surface area contributed by atoms with Crippen LogP contribution in [0.5, 0.6) is 0 Å². The van der Waals surface area contributed by atoms with Gasteiger partial charge in [-0.15, -0.1) is 0 Å². The molecule has 1 nitrogen and oxygen atoms in total. The van der Waals surface area contributed by atoms with Gasteiger partial charge in [0.05, 0.1) is 0 Å². The van der Waals surface area contributed by atoms with Gasteiger partial charge in [0.25, 0.3) is 0 Å². The Morgan fingerprint density at radius 1 is 1.43 bits per heavy atom. The summed E-state index contributed by atoms with van der Waals surface area (Å²) in [6, 6.07) is 4.40. The first-order valence-electron chi connectivity index (χ1n) is 4.41. The molecule has 1 rings (SSSR count). The summed E-state index contributed by atoms with van der Waals surface area (Å²) in [4.78, 5) is 0. The number of rotatable bonds is 3. The van der Waals surface area contributed by atoms with Crippen molar-refractivity contribution in [3.05, 3.63) is 40.7 Å². The second kappa shape index (κ2) is 5.01. The topological polar surface area (TPSA) is 12.0 Å². The van der Waals surface area contributed by atoms with Crippen LogP contribution in [0.2, 0.25) is 5.02 Å². The maximum absolute atomic E-state index is 12.9. The highest BCUT2D eigenvalue weighted by Crippen LogP contribution is 2.17. The molecule has 14 heavy (non-hydrogen) atoms. The Kier molecular flexibility index (Phi) is 3.96. The molecule has 1 aromatic carbocycles. The van der Waals surface area contributed by atoms with E-state index in [-0.39, 0.29) is 5.82 Å². The Labute approximate surface area is 88.6 Å². The SMILES string of the molecule is CC(C)=CCNc1cc(F)cc(Cl)c1. The minimum atomic E-state index is -0.322. The quantitative estimate of drug-likeness (QED) is 0.752. The van der Waals surface area contributed by atoms with Crippen LogP contribution in [0.4, 0.5) is 10.1 Å². The number of halogens is 2. The fourth-order valence-electron chi connectivity index (χ4n) is 1.03. The van der Waals surface area contributed by atoms with Gasteiger partial charge in [-0.25, -0.2) is 4.39 Å². The number of hydrogen-bond donors (Lipinski definition) is 1. The van der Waals surface area contributed by atoms with Crippen molar-refractivity contribution in [3.63, 3.8) is 0 Å². The normalized spacial score (nSPS) is 9.71. The van der Waals surface area contributed by atoms with Crippen LogP contribution in [0.1, 0.15) is 13.8 Å². The van der Waals surface area contributed by atoms with Gasteiger partial charge >= 0.3 is 0 Å². The van der Waals surface area contributed by atoms with Gasteiger partial charge in [-0.05, 0) is 32.0 Å². The summed E-state index contributed by atoms with van der Waals surface area (Å²) in [6.07, 6.45) is 2.03. The minimum Gasteiger partial charge on any atom is -0.381 e. The molecule has 0 aliphatic rings. The van der Waals surface area contributed by atoms with Gasteiger partial charge < -0.3 is 5.32 Å². The molecule has 0 saturated carbocycles. The first-order valence-corrected chi connectivity index (χ1v) is 4.79. The Balaban J connectivity index is 2.63. The number of benzene rings is 1. The number of anilines is 1. The average Bonchev–Trinajstić information content (AvgIpc) is 2.01. The highest BCUT2D eigenvalue weighted by atomic mass is 35.5. The lowest BCUT2D eigenvalue weighted by molar-refractivity contribution is 0.628. The van der Waals surface area contributed by atoms with Gasteiger partial charge in [-0.3, -0.25) is 0 Å². The third kappa shape index (κ3) is 3.79. The van der Waals surface area contributed by atoms with E-state index in [2.05, 4.69) is 5.32 Å². The molecular weight excluding hydrogens is 201 g/mol. The van der Waals surface area contributed by atoms with E-state index in [0.717, 1.165) is 0 Å². The average molecular weight is 214 g/mol. The predicted octanol–water partition coefficient (Wildman–Crippen LogP) is 3.86. The van der Waals surface area contributed by atoms with Gasteiger partial charge in [-0.1, -0.05) is 23.3 Å². The lowest BCUT2D eigenvalue weighted by atomic mass is 10.3. The number of hydrogen-bond acceptors (Lipinski definition) is 1. The van der Waals surface area contributed by atoms with Gasteiger partial charge in [0.15, 0.2) is 0 Å². The van der Waals surface area contributed by atoms with Crippen molar-refractivity contribution < 1.29 is 4.39 Å². The Bertz CT molecular complexity index is 323. The van der Waals surface area contributed by atoms with Gasteiger partial charge in [0.1, 0.15) is 5.82 Å². The molecule has 0 aliphatic carbocycles. The summed E-state index contributed by atoms with van der Waals surface area (Å²) in [7, 11) is 0. The van der Waals surface area contributed by atoms with E-state index < -0.39 is 0 Å². The van der Waals surface area contributed by atoms with Gasteiger partial charge in [-0.2, -0.15) is 0 Å². The van der Waals surface area contributed by atoms with Crippen LogP contribution in [0.15, 0.2) is 29.8 Å². The van der Waals surface area contributed by atoms with E-state index in [9.17, 15) is 4.39 Å². The molecule has 0 fully saturated rings. The lowest BCUT2D eigenvalue weighted by Crippen LogP contribution is -1.98. The second-order valence-electron chi connectivity index (χ2n) is 3.32. The molecule has 3 heteroatoms. The molecule has 0 aliphatic heterocycles. The summed E-state index contributed by atoms with van der Waals surface area (Å²) in [5.41, 5.74) is 1.92. The summed E-state index contributed by atoms with van der Waals surface area (Å²) in [5.74, 6) is -0.322. The Hall–Kier alpha value is -1.02. The molecule has 0 aromatic heterocycles. The minimum absolute atomic E-state index is 0.322. The molecule has 0 spiro atoms. The summed E-state index contributed by atoms with van der Waals surface area (Å²) in [6.45, 7) is 4.71. The molecule has 0 amide bonds. The molecule has 0 heterocycles. The molecule has 1 aromatic rings. The van der Waals surface area contributed by atoms with Crippen molar-refractivity contribution in [2.24, 2.45) is 0 Å². The van der Waals surface area contributed by atoms with Crippen LogP contribution in [-0.2, 0) is 0 Å². The van der Waals surface area contributed by atoms with E-state index >= 15 is 0 Å². The van der Waals surface area contributed by atoms with Crippen molar-refractivity contribution in [2.75, 3.05) is 11.9 Å². The first-order chi connectivity index (χ1) is 6.58. The van der Waals surface area contributed by atoms with Gasteiger partial charge in [0, 0.05) is 17.3 Å². The third-order valence-corrected chi connectivity index (χ3v) is 1.90. The zero-order chi connectivity index (χ0) is 10.6. The Morgan fingerprint density at radius 2 is 2.14 bits per heavy atom. The van der Waals surface area contributed by atoms with Crippen LogP contribution in [0, 0.1) is 5.82 Å². The van der Waals surface area contributed by atoms with Gasteiger partial charge in [0.2, 0.25) is 0 Å². The number of allylic oxidation sites excluding steroid dienone is 1. The monoisotopic (exact) mass is 213 g/mol. The highest BCUT2D eigenvalue weighted by molar-refractivity contribution is 6.30. The fourth-order valence-corrected chi connectivity index (χ4v) is 1.25. The van der Waals surface area contributed by atoms with Crippen LogP contribution in [0.3, 0.4) is 0 Å². The summed E-state index contributed by atoms with van der Waals surface area (Å²) < 4.78 is 12.9. The standard InChI is InChI=1S/C11H13ClFN/c1-8(2)3-4-14-11-6-9(12)5-10(13)7-11/h3,5-7,14H,4H2,1-2H3. The molecule has 76 valence electrons. The molecule has 0 atom stereocenters. The lowest BCUT2D eigenvalue weighted by Gasteiger charge is -2.04. The van der Waals surface area contributed by atoms with E-state index in [1.165, 1.54) is 17.7 Å². The van der Waals surface area contributed by atoms with Crippen molar-refractivity contribution in [1.29, 1.82) is 0 Å². The summed E-state index contributed by atoms with van der Waals surface area (Å²) >= 11 is 5.70. The van der Waals surface area contributed by atoms with Crippen molar-refractivity contribution in [3.8, 4) is 0 Å². The van der Waals surface area contributed by atoms with Crippen molar-refractivity contribution >= 4 is 17.3 Å². The van der Waals surface area contributed by atoms with Crippen LogP contribution in [0.25, 0.3) is 0 Å². The van der Waals surface area contributed by atoms with E-state index in [4.69, 9.17) is 11.6 Å². The van der Waals surface area contributed by atoms with Crippen molar-refractivity contribution in [1.82, 2.24) is 0 Å².